The Balaban J connectivity index is 3.29. The van der Waals surface area contributed by atoms with Crippen molar-refractivity contribution in [2.24, 2.45) is 5.92 Å². The van der Waals surface area contributed by atoms with E-state index in [0.717, 1.165) is 5.56 Å². The lowest BCUT2D eigenvalue weighted by Crippen LogP contribution is -2.32. The summed E-state index contributed by atoms with van der Waals surface area (Å²) >= 11 is 0. The van der Waals surface area contributed by atoms with Crippen molar-refractivity contribution in [3.8, 4) is 0 Å². The smallest absolute Gasteiger partial charge is 0.182 e. The van der Waals surface area contributed by atoms with Gasteiger partial charge in [-0.25, -0.2) is 8.42 Å². The molecular weight excluding hydrogens is 276 g/mol. The number of hydrogen-bond acceptors (Lipinski definition) is 4. The molecule has 0 aliphatic rings. The first-order chi connectivity index (χ1) is 9.32. The van der Waals surface area contributed by atoms with Gasteiger partial charge in [-0.15, -0.1) is 6.58 Å². The fraction of sp³-hybridized carbons (Fsp3) is 0.333. The van der Waals surface area contributed by atoms with Gasteiger partial charge in [0.2, 0.25) is 0 Å². The number of Topliss-reactive ketones (excluding diaryl/α,β-unsaturated/α-hetero) is 1. The van der Waals surface area contributed by atoms with Gasteiger partial charge in [0.25, 0.3) is 0 Å². The van der Waals surface area contributed by atoms with Crippen LogP contribution in [-0.4, -0.2) is 25.7 Å². The Bertz CT molecular complexity index is 591. The average molecular weight is 294 g/mol. The molecule has 0 aromatic heterocycles. The zero-order valence-electron chi connectivity index (χ0n) is 11.6. The fourth-order valence-electron chi connectivity index (χ4n) is 1.93. The third-order valence-electron chi connectivity index (χ3n) is 3.10. The minimum Gasteiger partial charge on any atom is -0.303 e. The summed E-state index contributed by atoms with van der Waals surface area (Å²) in [5, 5.41) is -1.10. The molecule has 1 aromatic carbocycles. The normalized spacial score (nSPS) is 14.3. The first-order valence-corrected chi connectivity index (χ1v) is 7.75. The van der Waals surface area contributed by atoms with E-state index in [4.69, 9.17) is 0 Å². The van der Waals surface area contributed by atoms with Crippen molar-refractivity contribution in [3.63, 3.8) is 0 Å². The maximum Gasteiger partial charge on any atom is 0.182 e. The topological polar surface area (TPSA) is 68.3 Å². The van der Waals surface area contributed by atoms with Crippen molar-refractivity contribution >= 4 is 21.9 Å². The van der Waals surface area contributed by atoms with Crippen molar-refractivity contribution in [2.45, 2.75) is 30.4 Å². The number of benzene rings is 1. The lowest BCUT2D eigenvalue weighted by molar-refractivity contribution is -0.117. The summed E-state index contributed by atoms with van der Waals surface area (Å²) in [6.45, 7) is 6.63. The van der Waals surface area contributed by atoms with Gasteiger partial charge in [-0.1, -0.05) is 23.8 Å². The van der Waals surface area contributed by atoms with Gasteiger partial charge in [0, 0.05) is 12.3 Å². The van der Waals surface area contributed by atoms with E-state index in [1.54, 1.807) is 12.1 Å². The molecule has 0 saturated heterocycles. The minimum atomic E-state index is -3.76. The van der Waals surface area contributed by atoms with E-state index in [1.165, 1.54) is 25.1 Å². The summed E-state index contributed by atoms with van der Waals surface area (Å²) in [6, 6.07) is 6.34. The fourth-order valence-corrected chi connectivity index (χ4v) is 3.84. The predicted molar refractivity (Wildman–Crippen MR) is 77.2 cm³/mol. The van der Waals surface area contributed by atoms with Crippen LogP contribution in [0.25, 0.3) is 0 Å². The molecule has 0 amide bonds. The van der Waals surface area contributed by atoms with Crippen LogP contribution in [-0.2, 0) is 19.4 Å². The third kappa shape index (κ3) is 3.63. The molecule has 0 fully saturated rings. The second-order valence-electron chi connectivity index (χ2n) is 4.75. The molecule has 0 unspecified atom stereocenters. The van der Waals surface area contributed by atoms with E-state index in [1.807, 2.05) is 6.92 Å². The van der Waals surface area contributed by atoms with Gasteiger partial charge < -0.3 is 4.79 Å². The van der Waals surface area contributed by atoms with Crippen molar-refractivity contribution in [3.05, 3.63) is 42.5 Å². The number of carbonyl (C=O) groups excluding carboxylic acids is 2. The van der Waals surface area contributed by atoms with Crippen LogP contribution in [0.15, 0.2) is 41.8 Å². The first kappa shape index (κ1) is 16.3. The Morgan fingerprint density at radius 2 is 1.85 bits per heavy atom. The Morgan fingerprint density at radius 3 is 2.25 bits per heavy atom. The van der Waals surface area contributed by atoms with Gasteiger partial charge in [0.1, 0.15) is 12.1 Å². The van der Waals surface area contributed by atoms with E-state index in [0.29, 0.717) is 6.29 Å². The molecule has 0 radical (unpaired) electrons. The van der Waals surface area contributed by atoms with Gasteiger partial charge in [0.15, 0.2) is 9.84 Å². The summed E-state index contributed by atoms with van der Waals surface area (Å²) in [5.74, 6) is -1.18. The molecule has 0 aliphatic carbocycles. The Kier molecular flexibility index (Phi) is 5.39. The molecule has 2 atom stereocenters. The predicted octanol–water partition coefficient (Wildman–Crippen LogP) is 2.12. The van der Waals surface area contributed by atoms with E-state index in [2.05, 4.69) is 6.58 Å². The van der Waals surface area contributed by atoms with Gasteiger partial charge in [-0.3, -0.25) is 4.79 Å². The van der Waals surface area contributed by atoms with E-state index >= 15 is 0 Å². The van der Waals surface area contributed by atoms with Crippen molar-refractivity contribution in [1.82, 2.24) is 0 Å². The molecule has 0 N–H and O–H groups in total. The first-order valence-electron chi connectivity index (χ1n) is 6.20. The minimum absolute atomic E-state index is 0.114. The average Bonchev–Trinajstić information content (AvgIpc) is 2.39. The molecule has 0 heterocycles. The highest BCUT2D eigenvalue weighted by molar-refractivity contribution is 7.92. The molecular formula is C15H18O4S. The number of allylic oxidation sites excluding steroid dienone is 1. The zero-order valence-corrected chi connectivity index (χ0v) is 12.4. The maximum atomic E-state index is 12.6. The third-order valence-corrected chi connectivity index (χ3v) is 5.30. The molecule has 0 aliphatic heterocycles. The molecule has 0 spiro atoms. The van der Waals surface area contributed by atoms with Gasteiger partial charge in [0.05, 0.1) is 10.1 Å². The summed E-state index contributed by atoms with van der Waals surface area (Å²) in [5.41, 5.74) is 0.933. The van der Waals surface area contributed by atoms with Crippen molar-refractivity contribution in [2.75, 3.05) is 0 Å². The highest BCUT2D eigenvalue weighted by atomic mass is 32.2. The zero-order chi connectivity index (χ0) is 15.3. The Morgan fingerprint density at radius 1 is 1.30 bits per heavy atom. The lowest BCUT2D eigenvalue weighted by atomic mass is 10.0. The van der Waals surface area contributed by atoms with Crippen LogP contribution in [0.5, 0.6) is 0 Å². The number of aryl methyl sites for hydroxylation is 1. The summed E-state index contributed by atoms with van der Waals surface area (Å²) in [6.07, 6.45) is 1.59. The standard InChI is InChI=1S/C15H18O4S/c1-4-13(10-16)15(9-12(3)17)20(18,19)14-7-5-11(2)6-8-14/h4-8,10,13,15H,1,9H2,2-3H3/t13-,15-/m0/s1. The van der Waals surface area contributed by atoms with Gasteiger partial charge >= 0.3 is 0 Å². The maximum absolute atomic E-state index is 12.6. The monoisotopic (exact) mass is 294 g/mol. The Hall–Kier alpha value is -1.75. The quantitative estimate of drug-likeness (QED) is 0.570. The molecule has 1 rings (SSSR count). The van der Waals surface area contributed by atoms with Crippen molar-refractivity contribution < 1.29 is 18.0 Å². The van der Waals surface area contributed by atoms with Crippen LogP contribution in [0.4, 0.5) is 0 Å². The van der Waals surface area contributed by atoms with Crippen LogP contribution < -0.4 is 0 Å². The van der Waals surface area contributed by atoms with Crippen LogP contribution in [0, 0.1) is 12.8 Å². The van der Waals surface area contributed by atoms with E-state index < -0.39 is 21.0 Å². The summed E-state index contributed by atoms with van der Waals surface area (Å²) in [7, 11) is -3.76. The highest BCUT2D eigenvalue weighted by Gasteiger charge is 2.34. The molecule has 0 bridgehead atoms. The largest absolute Gasteiger partial charge is 0.303 e. The lowest BCUT2D eigenvalue weighted by Gasteiger charge is -2.20. The molecule has 0 saturated carbocycles. The Labute approximate surface area is 119 Å². The second-order valence-corrected chi connectivity index (χ2v) is 6.92. The summed E-state index contributed by atoms with van der Waals surface area (Å²) < 4.78 is 25.2. The number of carbonyl (C=O) groups is 2. The number of ketones is 1. The van der Waals surface area contributed by atoms with Crippen LogP contribution in [0.3, 0.4) is 0 Å². The SMILES string of the molecule is C=C[C@@H](C=O)[C@H](CC(C)=O)S(=O)(=O)c1ccc(C)cc1. The van der Waals surface area contributed by atoms with E-state index in [-0.39, 0.29) is 17.1 Å². The summed E-state index contributed by atoms with van der Waals surface area (Å²) in [4.78, 5) is 22.5. The van der Waals surface area contributed by atoms with E-state index in [9.17, 15) is 18.0 Å². The molecule has 4 nitrogen and oxygen atoms in total. The number of hydrogen-bond donors (Lipinski definition) is 0. The highest BCUT2D eigenvalue weighted by Crippen LogP contribution is 2.25. The second kappa shape index (κ2) is 6.61. The molecule has 20 heavy (non-hydrogen) atoms. The molecule has 5 heteroatoms. The van der Waals surface area contributed by atoms with Crippen LogP contribution in [0.2, 0.25) is 0 Å². The molecule has 1 aromatic rings. The van der Waals surface area contributed by atoms with Crippen molar-refractivity contribution in [1.29, 1.82) is 0 Å². The van der Waals surface area contributed by atoms with Gasteiger partial charge in [-0.05, 0) is 26.0 Å². The molecule has 108 valence electrons. The van der Waals surface area contributed by atoms with Crippen LogP contribution in [0.1, 0.15) is 18.9 Å². The number of sulfone groups is 1. The number of rotatable bonds is 7. The number of aldehydes is 1. The van der Waals surface area contributed by atoms with Crippen LogP contribution >= 0.6 is 0 Å². The van der Waals surface area contributed by atoms with Gasteiger partial charge in [-0.2, -0.15) is 0 Å².